The molecule has 1 N–H and O–H groups in total. The van der Waals surface area contributed by atoms with Crippen molar-refractivity contribution >= 4 is 0 Å². The van der Waals surface area contributed by atoms with Crippen LogP contribution in [0.3, 0.4) is 0 Å². The van der Waals surface area contributed by atoms with E-state index in [1.165, 1.54) is 38.8 Å². The van der Waals surface area contributed by atoms with Crippen LogP contribution >= 0.6 is 0 Å². The standard InChI is InChI=1S/C17H34N2O/c1-5-17(4)13-18-16(10-14(2)3)12-19(17)11-15-6-8-20-9-7-15/h14-16,18H,5-13H2,1-4H3. The minimum Gasteiger partial charge on any atom is -0.381 e. The molecule has 3 heteroatoms. The van der Waals surface area contributed by atoms with Gasteiger partial charge in [0, 0.05) is 44.4 Å². The second-order valence-electron chi connectivity index (χ2n) is 7.52. The molecule has 3 nitrogen and oxygen atoms in total. The van der Waals surface area contributed by atoms with Crippen LogP contribution < -0.4 is 5.32 Å². The Kier molecular flexibility index (Phi) is 5.88. The summed E-state index contributed by atoms with van der Waals surface area (Å²) < 4.78 is 5.51. The highest BCUT2D eigenvalue weighted by atomic mass is 16.5. The molecule has 20 heavy (non-hydrogen) atoms. The van der Waals surface area contributed by atoms with Crippen molar-refractivity contribution in [3.63, 3.8) is 0 Å². The lowest BCUT2D eigenvalue weighted by atomic mass is 9.87. The van der Waals surface area contributed by atoms with E-state index >= 15 is 0 Å². The van der Waals surface area contributed by atoms with Crippen molar-refractivity contribution in [3.05, 3.63) is 0 Å². The molecule has 0 aromatic carbocycles. The van der Waals surface area contributed by atoms with E-state index in [1.807, 2.05) is 0 Å². The Morgan fingerprint density at radius 1 is 1.30 bits per heavy atom. The quantitative estimate of drug-likeness (QED) is 0.839. The lowest BCUT2D eigenvalue weighted by Crippen LogP contribution is -2.64. The zero-order valence-corrected chi connectivity index (χ0v) is 14.0. The van der Waals surface area contributed by atoms with Crippen molar-refractivity contribution in [2.24, 2.45) is 11.8 Å². The lowest BCUT2D eigenvalue weighted by molar-refractivity contribution is 0.00153. The third kappa shape index (κ3) is 4.19. The molecule has 2 unspecified atom stereocenters. The van der Waals surface area contributed by atoms with E-state index in [1.54, 1.807) is 0 Å². The maximum atomic E-state index is 5.51. The van der Waals surface area contributed by atoms with Gasteiger partial charge in [-0.3, -0.25) is 4.90 Å². The molecule has 0 amide bonds. The van der Waals surface area contributed by atoms with Crippen LogP contribution in [0.15, 0.2) is 0 Å². The Bertz CT molecular complexity index is 289. The molecule has 2 atom stereocenters. The van der Waals surface area contributed by atoms with Gasteiger partial charge in [-0.1, -0.05) is 20.8 Å². The third-order valence-electron chi connectivity index (χ3n) is 5.31. The monoisotopic (exact) mass is 282 g/mol. The normalized spacial score (nSPS) is 33.8. The smallest absolute Gasteiger partial charge is 0.0469 e. The fourth-order valence-corrected chi connectivity index (χ4v) is 3.64. The summed E-state index contributed by atoms with van der Waals surface area (Å²) in [6.45, 7) is 15.0. The molecule has 2 aliphatic heterocycles. The molecule has 0 aliphatic carbocycles. The average molecular weight is 282 g/mol. The molecule has 2 aliphatic rings. The number of ether oxygens (including phenoxy) is 1. The van der Waals surface area contributed by atoms with Crippen LogP contribution in [-0.4, -0.2) is 49.3 Å². The van der Waals surface area contributed by atoms with E-state index in [9.17, 15) is 0 Å². The van der Waals surface area contributed by atoms with Crippen molar-refractivity contribution in [3.8, 4) is 0 Å². The van der Waals surface area contributed by atoms with Gasteiger partial charge in [-0.2, -0.15) is 0 Å². The van der Waals surface area contributed by atoms with Crippen molar-refractivity contribution in [2.75, 3.05) is 32.8 Å². The molecular weight excluding hydrogens is 248 g/mol. The Labute approximate surface area is 125 Å². The van der Waals surface area contributed by atoms with Gasteiger partial charge in [-0.25, -0.2) is 0 Å². The molecule has 2 fully saturated rings. The summed E-state index contributed by atoms with van der Waals surface area (Å²) in [5, 5.41) is 3.79. The highest BCUT2D eigenvalue weighted by molar-refractivity contribution is 4.96. The first-order valence-electron chi connectivity index (χ1n) is 8.59. The first-order chi connectivity index (χ1) is 9.53. The number of piperazine rings is 1. The molecule has 0 spiro atoms. The molecule has 2 heterocycles. The van der Waals surface area contributed by atoms with Gasteiger partial charge >= 0.3 is 0 Å². The van der Waals surface area contributed by atoms with Crippen molar-refractivity contribution in [1.82, 2.24) is 10.2 Å². The highest BCUT2D eigenvalue weighted by Gasteiger charge is 2.37. The van der Waals surface area contributed by atoms with Crippen LogP contribution in [0.2, 0.25) is 0 Å². The molecule has 0 radical (unpaired) electrons. The maximum Gasteiger partial charge on any atom is 0.0469 e. The van der Waals surface area contributed by atoms with Crippen molar-refractivity contribution in [2.45, 2.75) is 65.0 Å². The van der Waals surface area contributed by atoms with Crippen LogP contribution in [0, 0.1) is 11.8 Å². The molecule has 0 saturated carbocycles. The Balaban J connectivity index is 1.95. The van der Waals surface area contributed by atoms with Crippen LogP contribution in [0.4, 0.5) is 0 Å². The van der Waals surface area contributed by atoms with Gasteiger partial charge in [0.05, 0.1) is 0 Å². The number of rotatable bonds is 5. The SMILES string of the molecule is CCC1(C)CNC(CC(C)C)CN1CC1CCOCC1. The van der Waals surface area contributed by atoms with E-state index in [4.69, 9.17) is 4.74 Å². The summed E-state index contributed by atoms with van der Waals surface area (Å²) in [7, 11) is 0. The van der Waals surface area contributed by atoms with E-state index in [-0.39, 0.29) is 0 Å². The van der Waals surface area contributed by atoms with Gasteiger partial charge < -0.3 is 10.1 Å². The second kappa shape index (κ2) is 7.24. The van der Waals surface area contributed by atoms with Gasteiger partial charge in [0.15, 0.2) is 0 Å². The van der Waals surface area contributed by atoms with Gasteiger partial charge in [-0.15, -0.1) is 0 Å². The second-order valence-corrected chi connectivity index (χ2v) is 7.52. The Hall–Kier alpha value is -0.120. The molecule has 2 saturated heterocycles. The summed E-state index contributed by atoms with van der Waals surface area (Å²) in [6.07, 6.45) is 5.03. The van der Waals surface area contributed by atoms with Gasteiger partial charge in [0.2, 0.25) is 0 Å². The summed E-state index contributed by atoms with van der Waals surface area (Å²) in [5.74, 6) is 1.62. The number of hydrogen-bond donors (Lipinski definition) is 1. The summed E-state index contributed by atoms with van der Waals surface area (Å²) in [6, 6.07) is 0.675. The van der Waals surface area contributed by atoms with Crippen LogP contribution in [0.5, 0.6) is 0 Å². The van der Waals surface area contributed by atoms with Gasteiger partial charge in [0.25, 0.3) is 0 Å². The third-order valence-corrected chi connectivity index (χ3v) is 5.31. The molecule has 118 valence electrons. The maximum absolute atomic E-state index is 5.51. The van der Waals surface area contributed by atoms with E-state index in [0.717, 1.165) is 31.6 Å². The fourth-order valence-electron chi connectivity index (χ4n) is 3.64. The van der Waals surface area contributed by atoms with E-state index in [0.29, 0.717) is 11.6 Å². The van der Waals surface area contributed by atoms with Crippen LogP contribution in [-0.2, 0) is 4.74 Å². The number of hydrogen-bond acceptors (Lipinski definition) is 3. The minimum absolute atomic E-state index is 0.339. The number of nitrogens with one attached hydrogen (secondary N) is 1. The van der Waals surface area contributed by atoms with Gasteiger partial charge in [0.1, 0.15) is 0 Å². The van der Waals surface area contributed by atoms with E-state index < -0.39 is 0 Å². The minimum atomic E-state index is 0.339. The molecular formula is C17H34N2O. The van der Waals surface area contributed by atoms with Crippen LogP contribution in [0.25, 0.3) is 0 Å². The van der Waals surface area contributed by atoms with Crippen molar-refractivity contribution < 1.29 is 4.74 Å². The first kappa shape index (κ1) is 16.3. The van der Waals surface area contributed by atoms with Gasteiger partial charge in [-0.05, 0) is 44.4 Å². The zero-order chi connectivity index (χ0) is 14.6. The summed E-state index contributed by atoms with van der Waals surface area (Å²) in [4.78, 5) is 2.78. The molecule has 0 aromatic rings. The first-order valence-corrected chi connectivity index (χ1v) is 8.59. The lowest BCUT2D eigenvalue weighted by Gasteiger charge is -2.49. The van der Waals surface area contributed by atoms with E-state index in [2.05, 4.69) is 37.9 Å². The predicted molar refractivity (Wildman–Crippen MR) is 85.1 cm³/mol. The summed E-state index contributed by atoms with van der Waals surface area (Å²) >= 11 is 0. The fraction of sp³-hybridized carbons (Fsp3) is 1.00. The number of nitrogens with zero attached hydrogens (tertiary/aromatic N) is 1. The highest BCUT2D eigenvalue weighted by Crippen LogP contribution is 2.28. The average Bonchev–Trinajstić information content (AvgIpc) is 2.43. The zero-order valence-electron chi connectivity index (χ0n) is 14.0. The largest absolute Gasteiger partial charge is 0.381 e. The van der Waals surface area contributed by atoms with Crippen LogP contribution in [0.1, 0.15) is 53.4 Å². The molecule has 0 aromatic heterocycles. The molecule has 2 rings (SSSR count). The summed E-state index contributed by atoms with van der Waals surface area (Å²) in [5.41, 5.74) is 0.339. The molecule has 0 bridgehead atoms. The predicted octanol–water partition coefficient (Wildman–Crippen LogP) is 2.90. The topological polar surface area (TPSA) is 24.5 Å². The Morgan fingerprint density at radius 2 is 2.00 bits per heavy atom. The van der Waals surface area contributed by atoms with Crippen molar-refractivity contribution in [1.29, 1.82) is 0 Å². The Morgan fingerprint density at radius 3 is 2.60 bits per heavy atom.